The summed E-state index contributed by atoms with van der Waals surface area (Å²) < 4.78 is 6.68. The molecule has 5 fully saturated rings. The Morgan fingerprint density at radius 1 is 1.10 bits per heavy atom. The second-order valence-electron chi connectivity index (χ2n) is 7.55. The molecule has 1 aromatic rings. The number of hydrogen-bond donors (Lipinski definition) is 0. The molecule has 0 spiro atoms. The molecule has 0 heterocycles. The van der Waals surface area contributed by atoms with Crippen LogP contribution in [0.5, 0.6) is 0 Å². The van der Waals surface area contributed by atoms with Gasteiger partial charge in [-0.15, -0.1) is 0 Å². The van der Waals surface area contributed by atoms with Crippen molar-refractivity contribution in [2.75, 3.05) is 0 Å². The SMILES string of the molecule is CC(C)O[C@]1(c2ccccc2)[C@@H]2[C@H]3C[C@@H]4[C@@H]([C@@H]42)[C@H]3[C@@H]1Br. The third kappa shape index (κ3) is 1.17. The first-order valence-electron chi connectivity index (χ1n) is 8.03. The van der Waals surface area contributed by atoms with Gasteiger partial charge in [0.25, 0.3) is 0 Å². The molecule has 2 heteroatoms. The molecule has 5 aliphatic rings. The predicted octanol–water partition coefficient (Wildman–Crippen LogP) is 4.21. The second kappa shape index (κ2) is 3.70. The van der Waals surface area contributed by atoms with Gasteiger partial charge < -0.3 is 4.74 Å². The number of benzene rings is 1. The minimum absolute atomic E-state index is 0.0722. The summed E-state index contributed by atoms with van der Waals surface area (Å²) >= 11 is 4.09. The van der Waals surface area contributed by atoms with E-state index in [2.05, 4.69) is 60.1 Å². The highest BCUT2D eigenvalue weighted by atomic mass is 79.9. The van der Waals surface area contributed by atoms with E-state index in [-0.39, 0.29) is 11.7 Å². The van der Waals surface area contributed by atoms with Crippen molar-refractivity contribution in [2.45, 2.75) is 36.8 Å². The largest absolute Gasteiger partial charge is 0.366 e. The van der Waals surface area contributed by atoms with Gasteiger partial charge in [-0.05, 0) is 61.3 Å². The van der Waals surface area contributed by atoms with Crippen LogP contribution in [0.25, 0.3) is 0 Å². The van der Waals surface area contributed by atoms with Gasteiger partial charge in [0.15, 0.2) is 0 Å². The topological polar surface area (TPSA) is 9.23 Å². The van der Waals surface area contributed by atoms with E-state index in [1.807, 2.05) is 0 Å². The highest BCUT2D eigenvalue weighted by molar-refractivity contribution is 9.09. The van der Waals surface area contributed by atoms with E-state index in [4.69, 9.17) is 4.74 Å². The first kappa shape index (κ1) is 12.2. The van der Waals surface area contributed by atoms with Gasteiger partial charge in [0.2, 0.25) is 0 Å². The molecule has 0 N–H and O–H groups in total. The molecule has 8 atom stereocenters. The van der Waals surface area contributed by atoms with E-state index in [9.17, 15) is 0 Å². The molecular formula is C18H21BrO. The summed E-state index contributed by atoms with van der Waals surface area (Å²) in [5, 5.41) is 0. The summed E-state index contributed by atoms with van der Waals surface area (Å²) in [6.07, 6.45) is 1.76. The Labute approximate surface area is 129 Å². The van der Waals surface area contributed by atoms with Crippen LogP contribution in [-0.2, 0) is 10.3 Å². The van der Waals surface area contributed by atoms with Crippen LogP contribution >= 0.6 is 15.9 Å². The Hall–Kier alpha value is -0.340. The van der Waals surface area contributed by atoms with Crippen LogP contribution in [0.15, 0.2) is 30.3 Å². The lowest BCUT2D eigenvalue weighted by molar-refractivity contribution is -0.119. The quantitative estimate of drug-likeness (QED) is 0.753. The lowest BCUT2D eigenvalue weighted by atomic mass is 9.77. The third-order valence-corrected chi connectivity index (χ3v) is 7.84. The van der Waals surface area contributed by atoms with E-state index in [0.717, 1.165) is 35.5 Å². The average Bonchev–Trinajstić information content (AvgIpc) is 2.81. The first-order valence-corrected chi connectivity index (χ1v) is 8.95. The maximum absolute atomic E-state index is 6.68. The molecule has 106 valence electrons. The highest BCUT2D eigenvalue weighted by Crippen LogP contribution is 2.85. The maximum Gasteiger partial charge on any atom is 0.110 e. The van der Waals surface area contributed by atoms with Gasteiger partial charge in [-0.1, -0.05) is 46.3 Å². The van der Waals surface area contributed by atoms with Gasteiger partial charge in [-0.25, -0.2) is 0 Å². The fraction of sp³-hybridized carbons (Fsp3) is 0.667. The van der Waals surface area contributed by atoms with Crippen molar-refractivity contribution >= 4 is 15.9 Å². The van der Waals surface area contributed by atoms with Crippen LogP contribution in [-0.4, -0.2) is 10.9 Å². The highest BCUT2D eigenvalue weighted by Gasteiger charge is 2.84. The minimum atomic E-state index is -0.0722. The van der Waals surface area contributed by atoms with Crippen molar-refractivity contribution in [3.63, 3.8) is 0 Å². The molecule has 5 saturated carbocycles. The Kier molecular flexibility index (Phi) is 2.26. The van der Waals surface area contributed by atoms with Crippen molar-refractivity contribution in [2.24, 2.45) is 35.5 Å². The summed E-state index contributed by atoms with van der Waals surface area (Å²) in [6.45, 7) is 4.37. The molecule has 0 aliphatic heterocycles. The minimum Gasteiger partial charge on any atom is -0.366 e. The normalized spacial score (nSPS) is 53.9. The fourth-order valence-electron chi connectivity index (χ4n) is 6.36. The Morgan fingerprint density at radius 3 is 2.45 bits per heavy atom. The van der Waals surface area contributed by atoms with Gasteiger partial charge in [-0.2, -0.15) is 0 Å². The molecule has 0 unspecified atom stereocenters. The summed E-state index contributed by atoms with van der Waals surface area (Å²) in [4.78, 5) is 0.503. The smallest absolute Gasteiger partial charge is 0.110 e. The monoisotopic (exact) mass is 332 g/mol. The molecule has 5 aliphatic carbocycles. The molecule has 20 heavy (non-hydrogen) atoms. The van der Waals surface area contributed by atoms with Gasteiger partial charge in [0, 0.05) is 0 Å². The predicted molar refractivity (Wildman–Crippen MR) is 82.6 cm³/mol. The molecule has 0 amide bonds. The molecule has 6 rings (SSSR count). The lowest BCUT2D eigenvalue weighted by Crippen LogP contribution is -2.46. The van der Waals surface area contributed by atoms with Crippen molar-refractivity contribution in [1.82, 2.24) is 0 Å². The summed E-state index contributed by atoms with van der Waals surface area (Å²) in [5.74, 6) is 5.58. The van der Waals surface area contributed by atoms with Crippen LogP contribution in [0, 0.1) is 35.5 Å². The standard InChI is InChI=1S/C18H21BrO/c1-9(2)20-18(10-6-4-3-5-7-10)16-12-8-11-13(14(11)16)15(12)17(18)19/h3-7,9,11-17H,8H2,1-2H3/t11-,12+,13+,14-,15+,16-,17+,18-/m1/s1. The number of halogens is 1. The van der Waals surface area contributed by atoms with E-state index in [0.29, 0.717) is 4.83 Å². The molecule has 1 nitrogen and oxygen atoms in total. The van der Waals surface area contributed by atoms with Crippen molar-refractivity contribution in [1.29, 1.82) is 0 Å². The second-order valence-corrected chi connectivity index (χ2v) is 8.54. The zero-order valence-corrected chi connectivity index (χ0v) is 13.6. The Bertz CT molecular complexity index is 556. The average molecular weight is 333 g/mol. The van der Waals surface area contributed by atoms with Crippen LogP contribution in [0.3, 0.4) is 0 Å². The number of rotatable bonds is 3. The molecule has 1 aromatic carbocycles. The van der Waals surface area contributed by atoms with Crippen LogP contribution in [0.2, 0.25) is 0 Å². The van der Waals surface area contributed by atoms with Crippen molar-refractivity contribution in [3.05, 3.63) is 35.9 Å². The Morgan fingerprint density at radius 2 is 1.85 bits per heavy atom. The van der Waals surface area contributed by atoms with E-state index in [1.54, 1.807) is 0 Å². The molecule has 0 radical (unpaired) electrons. The van der Waals surface area contributed by atoms with Crippen molar-refractivity contribution in [3.8, 4) is 0 Å². The van der Waals surface area contributed by atoms with Gasteiger partial charge in [0.05, 0.1) is 10.9 Å². The maximum atomic E-state index is 6.68. The fourth-order valence-corrected chi connectivity index (χ4v) is 7.78. The van der Waals surface area contributed by atoms with Crippen LogP contribution < -0.4 is 0 Å². The van der Waals surface area contributed by atoms with Gasteiger partial charge in [0.1, 0.15) is 5.60 Å². The molecule has 6 bridgehead atoms. The summed E-state index contributed by atoms with van der Waals surface area (Å²) in [7, 11) is 0. The lowest BCUT2D eigenvalue weighted by Gasteiger charge is -2.43. The van der Waals surface area contributed by atoms with Gasteiger partial charge >= 0.3 is 0 Å². The molecule has 0 aromatic heterocycles. The van der Waals surface area contributed by atoms with Crippen LogP contribution in [0.4, 0.5) is 0 Å². The summed E-state index contributed by atoms with van der Waals surface area (Å²) in [6, 6.07) is 11.0. The zero-order chi connectivity index (χ0) is 13.6. The van der Waals surface area contributed by atoms with E-state index in [1.165, 1.54) is 12.0 Å². The number of alkyl halides is 1. The number of ether oxygens (including phenoxy) is 1. The van der Waals surface area contributed by atoms with Gasteiger partial charge in [-0.3, -0.25) is 0 Å². The number of hydrogen-bond acceptors (Lipinski definition) is 1. The third-order valence-electron chi connectivity index (χ3n) is 6.55. The molecule has 0 saturated heterocycles. The Balaban J connectivity index is 1.67. The summed E-state index contributed by atoms with van der Waals surface area (Å²) in [5.41, 5.74) is 1.33. The van der Waals surface area contributed by atoms with Crippen molar-refractivity contribution < 1.29 is 4.74 Å². The van der Waals surface area contributed by atoms with E-state index < -0.39 is 0 Å². The van der Waals surface area contributed by atoms with E-state index >= 15 is 0 Å². The zero-order valence-electron chi connectivity index (χ0n) is 12.0. The first-order chi connectivity index (χ1) is 9.66. The molecular weight excluding hydrogens is 312 g/mol. The van der Waals surface area contributed by atoms with Crippen LogP contribution in [0.1, 0.15) is 25.8 Å².